The molecule has 3 rings (SSSR count). The molecule has 0 spiro atoms. The number of nitrogens with zero attached hydrogens (tertiary/aromatic N) is 4. The number of methoxy groups -OCH3 is 1. The summed E-state index contributed by atoms with van der Waals surface area (Å²) in [5.41, 5.74) is 1.84. The minimum absolute atomic E-state index is 0.332. The van der Waals surface area contributed by atoms with Crippen LogP contribution in [0.25, 0.3) is 0 Å². The van der Waals surface area contributed by atoms with Crippen LogP contribution in [0.15, 0.2) is 36.4 Å². The van der Waals surface area contributed by atoms with Gasteiger partial charge in [0.1, 0.15) is 6.61 Å². The fourth-order valence-electron chi connectivity index (χ4n) is 2.77. The van der Waals surface area contributed by atoms with Crippen molar-refractivity contribution in [2.75, 3.05) is 12.4 Å². The maximum atomic E-state index is 6.10. The molecule has 2 aromatic carbocycles. The molecule has 0 amide bonds. The number of nitrogens with one attached hydrogen (secondary N) is 1. The number of halogens is 2. The second kappa shape index (κ2) is 10.3. The molecule has 0 aliphatic rings. The topological polar surface area (TPSA) is 74.1 Å². The average molecular weight is 436 g/mol. The number of hydrogen-bond donors (Lipinski definition) is 1. The van der Waals surface area contributed by atoms with E-state index in [1.165, 1.54) is 0 Å². The summed E-state index contributed by atoms with van der Waals surface area (Å²) in [6.45, 7) is 3.72. The Balaban J connectivity index is 1.74. The van der Waals surface area contributed by atoms with Gasteiger partial charge in [-0.25, -0.2) is 4.68 Å². The van der Waals surface area contributed by atoms with Crippen LogP contribution in [-0.2, 0) is 19.7 Å². The van der Waals surface area contributed by atoms with Gasteiger partial charge in [-0.3, -0.25) is 0 Å². The second-order valence-corrected chi connectivity index (χ2v) is 7.23. The third-order valence-corrected chi connectivity index (χ3v) is 5.08. The van der Waals surface area contributed by atoms with Gasteiger partial charge in [-0.2, -0.15) is 0 Å². The van der Waals surface area contributed by atoms with Crippen LogP contribution < -0.4 is 14.8 Å². The molecular weight excluding hydrogens is 413 g/mol. The highest BCUT2D eigenvalue weighted by Gasteiger charge is 2.13. The van der Waals surface area contributed by atoms with Gasteiger partial charge in [0.2, 0.25) is 5.95 Å². The van der Waals surface area contributed by atoms with Crippen LogP contribution >= 0.6 is 23.2 Å². The number of unbranched alkanes of at least 4 members (excludes halogenated alkanes) is 1. The fourth-order valence-corrected chi connectivity index (χ4v) is 3.09. The number of ether oxygens (including phenoxy) is 2. The van der Waals surface area contributed by atoms with Gasteiger partial charge in [-0.05, 0) is 40.6 Å². The number of rotatable bonds is 10. The van der Waals surface area contributed by atoms with Crippen LogP contribution in [0.3, 0.4) is 0 Å². The maximum Gasteiger partial charge on any atom is 0.243 e. The summed E-state index contributed by atoms with van der Waals surface area (Å²) in [4.78, 5) is 0. The van der Waals surface area contributed by atoms with Gasteiger partial charge in [0.05, 0.1) is 17.2 Å². The zero-order valence-corrected chi connectivity index (χ0v) is 17.9. The lowest BCUT2D eigenvalue weighted by Gasteiger charge is -2.16. The number of aryl methyl sites for hydroxylation is 1. The first-order chi connectivity index (χ1) is 14.1. The second-order valence-electron chi connectivity index (χ2n) is 6.42. The van der Waals surface area contributed by atoms with Crippen LogP contribution in [-0.4, -0.2) is 27.3 Å². The van der Waals surface area contributed by atoms with Crippen LogP contribution in [0.1, 0.15) is 30.9 Å². The van der Waals surface area contributed by atoms with Crippen molar-refractivity contribution in [3.05, 3.63) is 57.6 Å². The summed E-state index contributed by atoms with van der Waals surface area (Å²) in [5, 5.41) is 16.1. The Morgan fingerprint density at radius 1 is 1.14 bits per heavy atom. The molecule has 0 aliphatic heterocycles. The molecule has 0 saturated heterocycles. The Morgan fingerprint density at radius 3 is 2.76 bits per heavy atom. The zero-order chi connectivity index (χ0) is 20.6. The van der Waals surface area contributed by atoms with E-state index in [0.29, 0.717) is 40.6 Å². The molecule has 7 nitrogen and oxygen atoms in total. The van der Waals surface area contributed by atoms with Gasteiger partial charge >= 0.3 is 0 Å². The predicted octanol–water partition coefficient (Wildman–Crippen LogP) is 4.98. The smallest absolute Gasteiger partial charge is 0.243 e. The zero-order valence-electron chi connectivity index (χ0n) is 16.4. The molecule has 0 aliphatic carbocycles. The summed E-state index contributed by atoms with van der Waals surface area (Å²) in [6.07, 6.45) is 2.08. The quantitative estimate of drug-likeness (QED) is 0.483. The van der Waals surface area contributed by atoms with Gasteiger partial charge in [0.25, 0.3) is 0 Å². The van der Waals surface area contributed by atoms with Crippen molar-refractivity contribution < 1.29 is 9.47 Å². The number of aromatic nitrogens is 4. The van der Waals surface area contributed by atoms with E-state index in [-0.39, 0.29) is 0 Å². The highest BCUT2D eigenvalue weighted by atomic mass is 35.5. The maximum absolute atomic E-state index is 6.10. The molecule has 0 bridgehead atoms. The normalized spacial score (nSPS) is 10.8. The lowest BCUT2D eigenvalue weighted by molar-refractivity contribution is 0.281. The largest absolute Gasteiger partial charge is 0.493 e. The summed E-state index contributed by atoms with van der Waals surface area (Å²) in [6, 6.07) is 11.2. The Morgan fingerprint density at radius 2 is 2.00 bits per heavy atom. The summed E-state index contributed by atoms with van der Waals surface area (Å²) >= 11 is 12.1. The number of tetrazole rings is 1. The van der Waals surface area contributed by atoms with Gasteiger partial charge in [0, 0.05) is 18.7 Å². The first-order valence-electron chi connectivity index (χ1n) is 9.35. The number of para-hydroxylation sites is 1. The van der Waals surface area contributed by atoms with Crippen molar-refractivity contribution in [3.8, 4) is 11.5 Å². The molecule has 9 heteroatoms. The van der Waals surface area contributed by atoms with Crippen molar-refractivity contribution in [1.82, 2.24) is 20.2 Å². The van der Waals surface area contributed by atoms with Crippen LogP contribution in [0.5, 0.6) is 11.5 Å². The molecule has 0 fully saturated rings. The fraction of sp³-hybridized carbons (Fsp3) is 0.350. The first kappa shape index (κ1) is 21.2. The minimum atomic E-state index is 0.332. The minimum Gasteiger partial charge on any atom is -0.493 e. The molecule has 29 heavy (non-hydrogen) atoms. The molecule has 0 atom stereocenters. The van der Waals surface area contributed by atoms with E-state index in [2.05, 4.69) is 27.8 Å². The van der Waals surface area contributed by atoms with Crippen molar-refractivity contribution >= 4 is 29.2 Å². The number of benzene rings is 2. The van der Waals surface area contributed by atoms with Gasteiger partial charge in [-0.1, -0.05) is 59.8 Å². The number of anilines is 1. The van der Waals surface area contributed by atoms with Gasteiger partial charge in [-0.15, -0.1) is 0 Å². The first-order valence-corrected chi connectivity index (χ1v) is 10.1. The van der Waals surface area contributed by atoms with E-state index in [4.69, 9.17) is 32.7 Å². The van der Waals surface area contributed by atoms with E-state index in [9.17, 15) is 0 Å². The third kappa shape index (κ3) is 5.52. The SMILES string of the molecule is CCCCn1nnnc1NCc1cccc(OC)c1OCc1ccc(Cl)c(Cl)c1. The van der Waals surface area contributed by atoms with Crippen molar-refractivity contribution in [3.63, 3.8) is 0 Å². The highest BCUT2D eigenvalue weighted by molar-refractivity contribution is 6.42. The van der Waals surface area contributed by atoms with E-state index in [1.54, 1.807) is 23.9 Å². The molecule has 3 aromatic rings. The van der Waals surface area contributed by atoms with Crippen molar-refractivity contribution in [2.45, 2.75) is 39.5 Å². The van der Waals surface area contributed by atoms with Crippen molar-refractivity contribution in [1.29, 1.82) is 0 Å². The summed E-state index contributed by atoms with van der Waals surface area (Å²) < 4.78 is 13.3. The lowest BCUT2D eigenvalue weighted by atomic mass is 10.1. The Kier molecular flexibility index (Phi) is 7.55. The Bertz CT molecular complexity index is 948. The molecule has 0 saturated carbocycles. The van der Waals surface area contributed by atoms with Gasteiger partial charge in [0.15, 0.2) is 11.5 Å². The molecule has 1 heterocycles. The van der Waals surface area contributed by atoms with E-state index in [0.717, 1.165) is 30.5 Å². The van der Waals surface area contributed by atoms with Gasteiger partial charge < -0.3 is 14.8 Å². The van der Waals surface area contributed by atoms with E-state index in [1.807, 2.05) is 24.3 Å². The monoisotopic (exact) mass is 435 g/mol. The molecule has 1 N–H and O–H groups in total. The highest BCUT2D eigenvalue weighted by Crippen LogP contribution is 2.33. The van der Waals surface area contributed by atoms with Crippen LogP contribution in [0.4, 0.5) is 5.95 Å². The molecule has 0 radical (unpaired) electrons. The lowest BCUT2D eigenvalue weighted by Crippen LogP contribution is -2.10. The van der Waals surface area contributed by atoms with E-state index < -0.39 is 0 Å². The number of hydrogen-bond acceptors (Lipinski definition) is 6. The third-order valence-electron chi connectivity index (χ3n) is 4.34. The summed E-state index contributed by atoms with van der Waals surface area (Å²) in [5.74, 6) is 1.92. The predicted molar refractivity (Wildman–Crippen MR) is 114 cm³/mol. The summed E-state index contributed by atoms with van der Waals surface area (Å²) in [7, 11) is 1.61. The average Bonchev–Trinajstić information content (AvgIpc) is 3.18. The molecule has 154 valence electrons. The Labute approximate surface area is 179 Å². The van der Waals surface area contributed by atoms with Crippen LogP contribution in [0, 0.1) is 0 Å². The molecular formula is C20H23Cl2N5O2. The molecule has 0 unspecified atom stereocenters. The van der Waals surface area contributed by atoms with Crippen LogP contribution in [0.2, 0.25) is 10.0 Å². The van der Waals surface area contributed by atoms with E-state index >= 15 is 0 Å². The molecule has 1 aromatic heterocycles. The standard InChI is InChI=1S/C20H23Cl2N5O2/c1-3-4-10-27-20(24-25-26-27)23-12-15-6-5-7-18(28-2)19(15)29-13-14-8-9-16(21)17(22)11-14/h5-9,11H,3-4,10,12-13H2,1-2H3,(H,23,24,26). The Hall–Kier alpha value is -2.51. The van der Waals surface area contributed by atoms with Crippen molar-refractivity contribution in [2.24, 2.45) is 0 Å².